The van der Waals surface area contributed by atoms with Crippen molar-refractivity contribution in [1.29, 1.82) is 0 Å². The van der Waals surface area contributed by atoms with E-state index in [1.54, 1.807) is 13.2 Å². The Kier molecular flexibility index (Phi) is 5.80. The third kappa shape index (κ3) is 4.12. The molecule has 3 nitrogen and oxygen atoms in total. The Morgan fingerprint density at radius 1 is 1.50 bits per heavy atom. The number of halogens is 1. The Balaban J connectivity index is 2.51. The molecular weight excluding hydrogens is 270 g/mol. The van der Waals surface area contributed by atoms with E-state index in [2.05, 4.69) is 21.2 Å². The summed E-state index contributed by atoms with van der Waals surface area (Å²) in [5.41, 5.74) is 0.909. The van der Waals surface area contributed by atoms with Gasteiger partial charge in [0.05, 0.1) is 0 Å². The van der Waals surface area contributed by atoms with Crippen LogP contribution < -0.4 is 5.32 Å². The van der Waals surface area contributed by atoms with Gasteiger partial charge in [0.25, 0.3) is 0 Å². The highest BCUT2D eigenvalue weighted by Crippen LogP contribution is 2.27. The molecule has 0 fully saturated rings. The van der Waals surface area contributed by atoms with Crippen LogP contribution in [0.3, 0.4) is 0 Å². The van der Waals surface area contributed by atoms with Gasteiger partial charge in [0.1, 0.15) is 5.75 Å². The third-order valence-electron chi connectivity index (χ3n) is 2.43. The minimum atomic E-state index is 0.134. The summed E-state index contributed by atoms with van der Waals surface area (Å²) in [4.78, 5) is 0. The molecule has 0 aliphatic rings. The summed E-state index contributed by atoms with van der Waals surface area (Å²) in [6.07, 6.45) is 0.968. The quantitative estimate of drug-likeness (QED) is 0.791. The van der Waals surface area contributed by atoms with E-state index < -0.39 is 0 Å². The Hall–Kier alpha value is -0.580. The first-order chi connectivity index (χ1) is 7.65. The fourth-order valence-electron chi connectivity index (χ4n) is 1.52. The van der Waals surface area contributed by atoms with Crippen molar-refractivity contribution in [3.63, 3.8) is 0 Å². The van der Waals surface area contributed by atoms with Gasteiger partial charge in [0.2, 0.25) is 0 Å². The summed E-state index contributed by atoms with van der Waals surface area (Å²) in [7, 11) is 1.70. The molecule has 0 saturated carbocycles. The topological polar surface area (TPSA) is 41.5 Å². The maximum absolute atomic E-state index is 9.72. The number of benzene rings is 1. The first kappa shape index (κ1) is 13.5. The summed E-state index contributed by atoms with van der Waals surface area (Å²) in [6, 6.07) is 5.60. The third-order valence-corrected chi connectivity index (χ3v) is 2.93. The number of aromatic hydroxyl groups is 1. The predicted molar refractivity (Wildman–Crippen MR) is 68.7 cm³/mol. The Morgan fingerprint density at radius 2 is 2.25 bits per heavy atom. The second-order valence-corrected chi connectivity index (χ2v) is 4.64. The predicted octanol–water partition coefficient (Wildman–Crippen LogP) is 2.84. The molecule has 4 heteroatoms. The standard InChI is InChI=1S/C12H18BrNO2/c1-9(14-6-3-7-16-2)11-8-10(13)4-5-12(11)15/h4-5,8-9,14-15H,3,6-7H2,1-2H3. The zero-order valence-corrected chi connectivity index (χ0v) is 11.3. The van der Waals surface area contributed by atoms with E-state index in [1.165, 1.54) is 0 Å². The van der Waals surface area contributed by atoms with Gasteiger partial charge in [0.15, 0.2) is 0 Å². The van der Waals surface area contributed by atoms with Gasteiger partial charge in [-0.05, 0) is 38.1 Å². The van der Waals surface area contributed by atoms with Gasteiger partial charge in [0, 0.05) is 29.8 Å². The lowest BCUT2D eigenvalue weighted by molar-refractivity contribution is 0.193. The van der Waals surface area contributed by atoms with Gasteiger partial charge in [-0.25, -0.2) is 0 Å². The summed E-state index contributed by atoms with van der Waals surface area (Å²) < 4.78 is 5.95. The molecule has 0 spiro atoms. The number of phenolic OH excluding ortho intramolecular Hbond substituents is 1. The molecule has 1 rings (SSSR count). The molecule has 0 aliphatic carbocycles. The highest BCUT2D eigenvalue weighted by atomic mass is 79.9. The van der Waals surface area contributed by atoms with Gasteiger partial charge in [-0.15, -0.1) is 0 Å². The van der Waals surface area contributed by atoms with Crippen LogP contribution in [0.2, 0.25) is 0 Å². The average Bonchev–Trinajstić information content (AvgIpc) is 2.27. The second-order valence-electron chi connectivity index (χ2n) is 3.73. The summed E-state index contributed by atoms with van der Waals surface area (Å²) >= 11 is 3.40. The molecule has 90 valence electrons. The van der Waals surface area contributed by atoms with Gasteiger partial charge in [-0.3, -0.25) is 0 Å². The molecule has 1 unspecified atom stereocenters. The number of hydrogen-bond acceptors (Lipinski definition) is 3. The normalized spacial score (nSPS) is 12.7. The molecule has 1 aromatic carbocycles. The van der Waals surface area contributed by atoms with Gasteiger partial charge in [-0.1, -0.05) is 15.9 Å². The SMILES string of the molecule is COCCCNC(C)c1cc(Br)ccc1O. The summed E-state index contributed by atoms with van der Waals surface area (Å²) in [6.45, 7) is 3.67. The molecule has 1 aromatic rings. The summed E-state index contributed by atoms with van der Waals surface area (Å²) in [5, 5.41) is 13.1. The number of methoxy groups -OCH3 is 1. The molecule has 0 heterocycles. The van der Waals surface area contributed by atoms with Crippen LogP contribution in [0.25, 0.3) is 0 Å². The van der Waals surface area contributed by atoms with Gasteiger partial charge >= 0.3 is 0 Å². The van der Waals surface area contributed by atoms with Crippen LogP contribution in [-0.4, -0.2) is 25.4 Å². The molecule has 0 bridgehead atoms. The van der Waals surface area contributed by atoms with Crippen LogP contribution >= 0.6 is 15.9 Å². The zero-order valence-electron chi connectivity index (χ0n) is 9.66. The molecule has 1 atom stereocenters. The van der Waals surface area contributed by atoms with Crippen molar-refractivity contribution in [2.24, 2.45) is 0 Å². The van der Waals surface area contributed by atoms with E-state index in [4.69, 9.17) is 4.74 Å². The lowest BCUT2D eigenvalue weighted by Crippen LogP contribution is -2.20. The number of hydrogen-bond donors (Lipinski definition) is 2. The maximum atomic E-state index is 9.72. The van der Waals surface area contributed by atoms with Crippen molar-refractivity contribution in [3.05, 3.63) is 28.2 Å². The largest absolute Gasteiger partial charge is 0.508 e. The zero-order chi connectivity index (χ0) is 12.0. The average molecular weight is 288 g/mol. The second kappa shape index (κ2) is 6.89. The minimum absolute atomic E-state index is 0.134. The Labute approximate surface area is 105 Å². The first-order valence-electron chi connectivity index (χ1n) is 5.36. The van der Waals surface area contributed by atoms with Crippen molar-refractivity contribution >= 4 is 15.9 Å². The number of nitrogens with one attached hydrogen (secondary N) is 1. The Bertz CT molecular complexity index is 331. The lowest BCUT2D eigenvalue weighted by Gasteiger charge is -2.15. The van der Waals surface area contributed by atoms with Crippen molar-refractivity contribution in [2.45, 2.75) is 19.4 Å². The molecule has 0 radical (unpaired) electrons. The monoisotopic (exact) mass is 287 g/mol. The van der Waals surface area contributed by atoms with Crippen LogP contribution in [0.4, 0.5) is 0 Å². The fourth-order valence-corrected chi connectivity index (χ4v) is 1.90. The van der Waals surface area contributed by atoms with E-state index in [0.29, 0.717) is 5.75 Å². The highest BCUT2D eigenvalue weighted by Gasteiger charge is 2.09. The van der Waals surface area contributed by atoms with Gasteiger partial charge < -0.3 is 15.2 Å². The van der Waals surface area contributed by atoms with E-state index in [1.807, 2.05) is 19.1 Å². The molecule has 0 aromatic heterocycles. The lowest BCUT2D eigenvalue weighted by atomic mass is 10.1. The molecular formula is C12H18BrNO2. The molecule has 0 saturated heterocycles. The van der Waals surface area contributed by atoms with Crippen LogP contribution in [0.1, 0.15) is 24.9 Å². The van der Waals surface area contributed by atoms with Gasteiger partial charge in [-0.2, -0.15) is 0 Å². The van der Waals surface area contributed by atoms with E-state index in [-0.39, 0.29) is 6.04 Å². The highest BCUT2D eigenvalue weighted by molar-refractivity contribution is 9.10. The van der Waals surface area contributed by atoms with E-state index >= 15 is 0 Å². The number of rotatable bonds is 6. The smallest absolute Gasteiger partial charge is 0.120 e. The molecule has 16 heavy (non-hydrogen) atoms. The number of phenols is 1. The number of ether oxygens (including phenoxy) is 1. The fraction of sp³-hybridized carbons (Fsp3) is 0.500. The molecule has 2 N–H and O–H groups in total. The van der Waals surface area contributed by atoms with Crippen molar-refractivity contribution < 1.29 is 9.84 Å². The molecule has 0 amide bonds. The van der Waals surface area contributed by atoms with Crippen LogP contribution in [0.15, 0.2) is 22.7 Å². The van der Waals surface area contributed by atoms with E-state index in [0.717, 1.165) is 29.6 Å². The van der Waals surface area contributed by atoms with Crippen LogP contribution in [0.5, 0.6) is 5.75 Å². The maximum Gasteiger partial charge on any atom is 0.120 e. The van der Waals surface area contributed by atoms with E-state index in [9.17, 15) is 5.11 Å². The Morgan fingerprint density at radius 3 is 2.94 bits per heavy atom. The van der Waals surface area contributed by atoms with Crippen LogP contribution in [0, 0.1) is 0 Å². The van der Waals surface area contributed by atoms with Crippen LogP contribution in [-0.2, 0) is 4.74 Å². The van der Waals surface area contributed by atoms with Crippen molar-refractivity contribution in [3.8, 4) is 5.75 Å². The van der Waals surface area contributed by atoms with Crippen molar-refractivity contribution in [2.75, 3.05) is 20.3 Å². The molecule has 0 aliphatic heterocycles. The minimum Gasteiger partial charge on any atom is -0.508 e. The summed E-state index contributed by atoms with van der Waals surface area (Å²) in [5.74, 6) is 0.329. The first-order valence-corrected chi connectivity index (χ1v) is 6.15. The van der Waals surface area contributed by atoms with Crippen molar-refractivity contribution in [1.82, 2.24) is 5.32 Å².